The molecule has 1 aliphatic rings. The summed E-state index contributed by atoms with van der Waals surface area (Å²) < 4.78 is 10.9. The molecule has 1 fully saturated rings. The second-order valence-electron chi connectivity index (χ2n) is 6.18. The van der Waals surface area contributed by atoms with Crippen molar-refractivity contribution in [3.8, 4) is 11.5 Å². The van der Waals surface area contributed by atoms with Gasteiger partial charge in [0.25, 0.3) is 11.1 Å². The molecule has 0 radical (unpaired) electrons. The van der Waals surface area contributed by atoms with Crippen LogP contribution in [0.25, 0.3) is 6.08 Å². The molecule has 2 aromatic rings. The molecule has 0 saturated carbocycles. The van der Waals surface area contributed by atoms with Gasteiger partial charge in [0, 0.05) is 10.6 Å². The maximum Gasteiger partial charge on any atom is 0.341 e. The molecule has 1 heterocycles. The maximum absolute atomic E-state index is 12.8. The number of ether oxygens (including phenoxy) is 2. The lowest BCUT2D eigenvalue weighted by Crippen LogP contribution is -2.27. The highest BCUT2D eigenvalue weighted by atomic mass is 35.5. The van der Waals surface area contributed by atoms with Crippen LogP contribution in [0.3, 0.4) is 0 Å². The number of halogens is 1. The Labute approximate surface area is 182 Å². The minimum absolute atomic E-state index is 0.126. The van der Waals surface area contributed by atoms with Crippen LogP contribution in [-0.2, 0) is 16.1 Å². The Bertz CT molecular complexity index is 1010. The average molecular weight is 448 g/mol. The zero-order valence-corrected chi connectivity index (χ0v) is 17.5. The van der Waals surface area contributed by atoms with Crippen LogP contribution in [0.5, 0.6) is 11.5 Å². The minimum atomic E-state index is -1.14. The first-order chi connectivity index (χ1) is 14.4. The average Bonchev–Trinajstić information content (AvgIpc) is 2.96. The fourth-order valence-corrected chi connectivity index (χ4v) is 3.71. The van der Waals surface area contributed by atoms with E-state index in [1.165, 1.54) is 6.08 Å². The van der Waals surface area contributed by atoms with Gasteiger partial charge in [-0.15, -0.1) is 0 Å². The summed E-state index contributed by atoms with van der Waals surface area (Å²) in [7, 11) is 0. The first kappa shape index (κ1) is 21.7. The van der Waals surface area contributed by atoms with E-state index in [4.69, 9.17) is 26.2 Å². The Morgan fingerprint density at radius 1 is 1.17 bits per heavy atom. The number of aliphatic carboxylic acids is 1. The van der Waals surface area contributed by atoms with Crippen LogP contribution in [0.1, 0.15) is 18.1 Å². The smallest absolute Gasteiger partial charge is 0.341 e. The van der Waals surface area contributed by atoms with Crippen molar-refractivity contribution < 1.29 is 29.0 Å². The van der Waals surface area contributed by atoms with Gasteiger partial charge >= 0.3 is 5.97 Å². The van der Waals surface area contributed by atoms with Crippen molar-refractivity contribution in [2.24, 2.45) is 0 Å². The molecule has 7 nitrogen and oxygen atoms in total. The third-order valence-electron chi connectivity index (χ3n) is 4.06. The number of carbonyl (C=O) groups is 3. The van der Waals surface area contributed by atoms with Gasteiger partial charge in [-0.1, -0.05) is 35.9 Å². The van der Waals surface area contributed by atoms with E-state index in [9.17, 15) is 14.4 Å². The molecule has 0 spiro atoms. The van der Waals surface area contributed by atoms with Gasteiger partial charge in [0.05, 0.1) is 18.1 Å². The maximum atomic E-state index is 12.8. The van der Waals surface area contributed by atoms with Gasteiger partial charge in [0.2, 0.25) is 0 Å². The van der Waals surface area contributed by atoms with E-state index in [1.807, 2.05) is 0 Å². The van der Waals surface area contributed by atoms with Crippen molar-refractivity contribution in [1.82, 2.24) is 4.90 Å². The molecule has 156 valence electrons. The molecular weight excluding hydrogens is 430 g/mol. The number of carbonyl (C=O) groups excluding carboxylic acids is 2. The predicted molar refractivity (Wildman–Crippen MR) is 114 cm³/mol. The minimum Gasteiger partial charge on any atom is -0.490 e. The molecular formula is C21H18ClNO6S. The summed E-state index contributed by atoms with van der Waals surface area (Å²) in [6.45, 7) is 1.70. The number of para-hydroxylation sites is 1. The Hall–Kier alpha value is -2.97. The lowest BCUT2D eigenvalue weighted by Gasteiger charge is -2.14. The number of amides is 2. The molecule has 1 aliphatic heterocycles. The second-order valence-corrected chi connectivity index (χ2v) is 7.61. The summed E-state index contributed by atoms with van der Waals surface area (Å²) in [5.74, 6) is -1.03. The van der Waals surface area contributed by atoms with E-state index in [0.717, 1.165) is 22.2 Å². The number of thioether (sulfide) groups is 1. The highest BCUT2D eigenvalue weighted by Crippen LogP contribution is 2.38. The molecule has 0 bridgehead atoms. The summed E-state index contributed by atoms with van der Waals surface area (Å²) in [5, 5.41) is 9.11. The third-order valence-corrected chi connectivity index (χ3v) is 5.22. The number of hydrogen-bond acceptors (Lipinski definition) is 6. The Morgan fingerprint density at radius 3 is 2.57 bits per heavy atom. The van der Waals surface area contributed by atoms with Gasteiger partial charge in [-0.25, -0.2) is 4.79 Å². The molecule has 0 unspecified atom stereocenters. The lowest BCUT2D eigenvalue weighted by atomic mass is 10.1. The van der Waals surface area contributed by atoms with Crippen molar-refractivity contribution in [2.75, 3.05) is 13.2 Å². The molecule has 9 heteroatoms. The van der Waals surface area contributed by atoms with Gasteiger partial charge in [-0.05, 0) is 48.5 Å². The summed E-state index contributed by atoms with van der Waals surface area (Å²) in [5.41, 5.74) is 1.21. The van der Waals surface area contributed by atoms with E-state index in [-0.39, 0.29) is 17.2 Å². The Morgan fingerprint density at radius 2 is 1.90 bits per heavy atom. The van der Waals surface area contributed by atoms with E-state index in [2.05, 4.69) is 0 Å². The topological polar surface area (TPSA) is 93.1 Å². The van der Waals surface area contributed by atoms with Gasteiger partial charge in [0.1, 0.15) is 0 Å². The zero-order chi connectivity index (χ0) is 21.7. The van der Waals surface area contributed by atoms with Crippen molar-refractivity contribution in [3.63, 3.8) is 0 Å². The van der Waals surface area contributed by atoms with Crippen molar-refractivity contribution in [3.05, 3.63) is 63.5 Å². The van der Waals surface area contributed by atoms with Crippen LogP contribution in [0.4, 0.5) is 4.79 Å². The predicted octanol–water partition coefficient (Wildman–Crippen LogP) is 4.44. The highest BCUT2D eigenvalue weighted by molar-refractivity contribution is 8.18. The molecule has 3 rings (SSSR count). The van der Waals surface area contributed by atoms with E-state index in [0.29, 0.717) is 22.9 Å². The molecule has 0 aromatic heterocycles. The Kier molecular flexibility index (Phi) is 7.02. The quantitative estimate of drug-likeness (QED) is 0.598. The first-order valence-corrected chi connectivity index (χ1v) is 10.2. The molecule has 30 heavy (non-hydrogen) atoms. The number of carboxylic acid groups (broad SMARTS) is 1. The normalized spacial score (nSPS) is 15.0. The molecule has 0 aliphatic carbocycles. The van der Waals surface area contributed by atoms with Gasteiger partial charge in [0.15, 0.2) is 18.1 Å². The summed E-state index contributed by atoms with van der Waals surface area (Å²) >= 11 is 6.69. The molecule has 2 amide bonds. The monoisotopic (exact) mass is 447 g/mol. The number of hydrogen-bond donors (Lipinski definition) is 1. The lowest BCUT2D eigenvalue weighted by molar-refractivity contribution is -0.139. The van der Waals surface area contributed by atoms with Crippen LogP contribution in [-0.4, -0.2) is 40.3 Å². The number of nitrogens with zero attached hydrogens (tertiary/aromatic N) is 1. The van der Waals surface area contributed by atoms with Crippen LogP contribution in [0, 0.1) is 0 Å². The van der Waals surface area contributed by atoms with Crippen LogP contribution in [0.2, 0.25) is 5.02 Å². The van der Waals surface area contributed by atoms with Crippen LogP contribution in [0.15, 0.2) is 47.4 Å². The molecule has 2 aromatic carbocycles. The van der Waals surface area contributed by atoms with E-state index in [1.54, 1.807) is 49.4 Å². The first-order valence-electron chi connectivity index (χ1n) is 8.99. The number of carboxylic acids is 1. The summed E-state index contributed by atoms with van der Waals surface area (Å²) in [4.78, 5) is 37.5. The second kappa shape index (κ2) is 9.69. The van der Waals surface area contributed by atoms with Crippen molar-refractivity contribution >= 4 is 46.6 Å². The van der Waals surface area contributed by atoms with Crippen LogP contribution >= 0.6 is 23.4 Å². The number of rotatable bonds is 8. The van der Waals surface area contributed by atoms with E-state index < -0.39 is 23.7 Å². The zero-order valence-electron chi connectivity index (χ0n) is 16.0. The number of imide groups is 1. The third kappa shape index (κ3) is 5.14. The summed E-state index contributed by atoms with van der Waals surface area (Å²) in [6, 6.07) is 11.9. The Balaban J connectivity index is 1.88. The molecule has 1 N–H and O–H groups in total. The van der Waals surface area contributed by atoms with Gasteiger partial charge in [-0.2, -0.15) is 0 Å². The molecule has 1 saturated heterocycles. The van der Waals surface area contributed by atoms with Crippen molar-refractivity contribution in [2.45, 2.75) is 13.5 Å². The largest absolute Gasteiger partial charge is 0.490 e. The van der Waals surface area contributed by atoms with E-state index >= 15 is 0 Å². The standard InChI is InChI=1S/C21H18ClNO6S/c1-2-28-16-5-3-4-14(19(16)29-12-18(24)25)10-17-20(26)23(21(27)30-17)11-13-6-8-15(22)9-7-13/h3-10H,2,11-12H2,1H3,(H,24,25)/b17-10-. The van der Waals surface area contributed by atoms with Crippen molar-refractivity contribution in [1.29, 1.82) is 0 Å². The fourth-order valence-electron chi connectivity index (χ4n) is 2.75. The number of benzene rings is 2. The highest BCUT2D eigenvalue weighted by Gasteiger charge is 2.35. The summed E-state index contributed by atoms with van der Waals surface area (Å²) in [6.07, 6.45) is 1.51. The SMILES string of the molecule is CCOc1cccc(/C=C2\SC(=O)N(Cc3ccc(Cl)cc3)C2=O)c1OCC(=O)O. The molecule has 0 atom stereocenters. The van der Waals surface area contributed by atoms with Crippen LogP contribution < -0.4 is 9.47 Å². The fraction of sp³-hybridized carbons (Fsp3) is 0.190. The van der Waals surface area contributed by atoms with Gasteiger partial charge < -0.3 is 14.6 Å². The van der Waals surface area contributed by atoms with Gasteiger partial charge in [-0.3, -0.25) is 14.5 Å².